The minimum absolute atomic E-state index is 0.0680. The highest BCUT2D eigenvalue weighted by atomic mass is 16.7. The van der Waals surface area contributed by atoms with Crippen LogP contribution in [0.3, 0.4) is 0 Å². The van der Waals surface area contributed by atoms with Crippen LogP contribution >= 0.6 is 0 Å². The second kappa shape index (κ2) is 21.1. The van der Waals surface area contributed by atoms with Gasteiger partial charge >= 0.3 is 23.9 Å². The predicted molar refractivity (Wildman–Crippen MR) is 221 cm³/mol. The number of pyridine rings is 2. The highest BCUT2D eigenvalue weighted by Gasteiger charge is 2.52. The van der Waals surface area contributed by atoms with Gasteiger partial charge in [-0.25, -0.2) is 0 Å². The summed E-state index contributed by atoms with van der Waals surface area (Å²) in [7, 11) is 0. The van der Waals surface area contributed by atoms with Crippen LogP contribution < -0.4 is 4.74 Å². The first kappa shape index (κ1) is 43.3. The summed E-state index contributed by atoms with van der Waals surface area (Å²) in [6, 6.07) is 28.9. The van der Waals surface area contributed by atoms with Gasteiger partial charge in [-0.2, -0.15) is 0 Å². The van der Waals surface area contributed by atoms with Gasteiger partial charge < -0.3 is 33.2 Å². The summed E-state index contributed by atoms with van der Waals surface area (Å²) in [4.78, 5) is 56.6. The minimum atomic E-state index is -1.38. The van der Waals surface area contributed by atoms with Crippen LogP contribution in [0.2, 0.25) is 0 Å². The fourth-order valence-corrected chi connectivity index (χ4v) is 6.38. The highest BCUT2D eigenvalue weighted by Crippen LogP contribution is 2.31. The fourth-order valence-electron chi connectivity index (χ4n) is 6.38. The number of carbonyl (C=O) groups excluding carboxylic acids is 4. The van der Waals surface area contributed by atoms with Gasteiger partial charge in [-0.1, -0.05) is 54.0 Å². The van der Waals surface area contributed by atoms with Crippen molar-refractivity contribution in [2.24, 2.45) is 0 Å². The molecule has 310 valence electrons. The largest absolute Gasteiger partial charge is 0.489 e. The molecule has 0 bridgehead atoms. The van der Waals surface area contributed by atoms with E-state index in [1.807, 2.05) is 91.0 Å². The summed E-state index contributed by atoms with van der Waals surface area (Å²) in [5.41, 5.74) is 6.81. The maximum Gasteiger partial charge on any atom is 0.303 e. The van der Waals surface area contributed by atoms with Crippen LogP contribution in [0.4, 0.5) is 0 Å². The van der Waals surface area contributed by atoms with Gasteiger partial charge in [0.1, 0.15) is 19.3 Å². The lowest BCUT2D eigenvalue weighted by atomic mass is 9.98. The molecule has 1 fully saturated rings. The Kier molecular flexibility index (Phi) is 15.0. The summed E-state index contributed by atoms with van der Waals surface area (Å²) in [5, 5.41) is 0. The first-order chi connectivity index (χ1) is 29.5. The molecule has 13 nitrogen and oxygen atoms in total. The second-order valence-corrected chi connectivity index (χ2v) is 13.6. The zero-order chi connectivity index (χ0) is 43.1. The molecule has 0 amide bonds. The lowest BCUT2D eigenvalue weighted by Crippen LogP contribution is -2.63. The van der Waals surface area contributed by atoms with Crippen molar-refractivity contribution in [2.45, 2.75) is 58.4 Å². The Hall–Kier alpha value is -7.32. The van der Waals surface area contributed by atoms with Crippen LogP contribution in [0, 0.1) is 23.7 Å². The van der Waals surface area contributed by atoms with Crippen molar-refractivity contribution in [2.75, 3.05) is 19.8 Å². The third kappa shape index (κ3) is 12.3. The van der Waals surface area contributed by atoms with E-state index in [9.17, 15) is 19.2 Å². The Balaban J connectivity index is 1.26. The monoisotopic (exact) mass is 822 g/mol. The third-order valence-electron chi connectivity index (χ3n) is 9.06. The molecule has 6 rings (SSSR count). The van der Waals surface area contributed by atoms with Crippen LogP contribution in [-0.2, 0) is 47.6 Å². The van der Waals surface area contributed by atoms with Gasteiger partial charge in [0.05, 0.1) is 17.7 Å². The minimum Gasteiger partial charge on any atom is -0.489 e. The lowest BCUT2D eigenvalue weighted by molar-refractivity contribution is -0.308. The third-order valence-corrected chi connectivity index (χ3v) is 9.06. The van der Waals surface area contributed by atoms with Crippen LogP contribution in [0.25, 0.3) is 22.3 Å². The molecule has 5 atom stereocenters. The van der Waals surface area contributed by atoms with E-state index < -0.39 is 54.6 Å². The SMILES string of the molecule is CC(=O)OC[C@H]1O[C@@H](OCCOc2c(C#Cc3ccc(-c4ccncc4)cc3)cccc2C#Cc2ccc(-c3ccncc3)cc2)[C@H](OC(C)=O)[C@@H](OC(C)=O)[C@@H]1OC(C)=O. The molecule has 0 unspecified atom stereocenters. The van der Waals surface area contributed by atoms with Crippen LogP contribution in [-0.4, -0.2) is 84.4 Å². The van der Waals surface area contributed by atoms with Crippen molar-refractivity contribution in [1.82, 2.24) is 9.97 Å². The highest BCUT2D eigenvalue weighted by molar-refractivity contribution is 5.69. The van der Waals surface area contributed by atoms with E-state index in [1.165, 1.54) is 6.92 Å². The van der Waals surface area contributed by atoms with Crippen LogP contribution in [0.15, 0.2) is 116 Å². The predicted octanol–water partition coefficient (Wildman–Crippen LogP) is 6.09. The summed E-state index contributed by atoms with van der Waals surface area (Å²) in [5.74, 6) is 10.4. The quantitative estimate of drug-likeness (QED) is 0.0617. The molecular formula is C48H42N2O11. The average molecular weight is 823 g/mol. The molecule has 3 aromatic carbocycles. The number of hydrogen-bond donors (Lipinski definition) is 0. The van der Waals surface area contributed by atoms with Crippen molar-refractivity contribution >= 4 is 23.9 Å². The van der Waals surface area contributed by atoms with Gasteiger partial charge in [0.2, 0.25) is 0 Å². The maximum atomic E-state index is 12.3. The molecule has 5 aromatic rings. The molecule has 0 spiro atoms. The van der Waals surface area contributed by atoms with E-state index in [-0.39, 0.29) is 19.8 Å². The molecule has 0 radical (unpaired) electrons. The van der Waals surface area contributed by atoms with Gasteiger partial charge in [0, 0.05) is 63.6 Å². The van der Waals surface area contributed by atoms with E-state index in [0.29, 0.717) is 16.9 Å². The lowest BCUT2D eigenvalue weighted by Gasteiger charge is -2.44. The number of esters is 4. The summed E-state index contributed by atoms with van der Waals surface area (Å²) in [6.45, 7) is 4.04. The zero-order valence-electron chi connectivity index (χ0n) is 33.9. The van der Waals surface area contributed by atoms with Gasteiger partial charge in [0.25, 0.3) is 0 Å². The smallest absolute Gasteiger partial charge is 0.303 e. The maximum absolute atomic E-state index is 12.3. The average Bonchev–Trinajstić information content (AvgIpc) is 3.25. The fraction of sp³-hybridized carbons (Fsp3) is 0.250. The van der Waals surface area contributed by atoms with Gasteiger partial charge in [-0.05, 0) is 82.9 Å². The Morgan fingerprint density at radius 2 is 1.00 bits per heavy atom. The Morgan fingerprint density at radius 3 is 1.48 bits per heavy atom. The summed E-state index contributed by atoms with van der Waals surface area (Å²) >= 11 is 0. The second-order valence-electron chi connectivity index (χ2n) is 13.6. The van der Waals surface area contributed by atoms with E-state index in [1.54, 1.807) is 24.8 Å². The zero-order valence-corrected chi connectivity index (χ0v) is 33.9. The van der Waals surface area contributed by atoms with E-state index in [2.05, 4.69) is 33.6 Å². The Morgan fingerprint density at radius 1 is 0.541 bits per heavy atom. The van der Waals surface area contributed by atoms with E-state index in [4.69, 9.17) is 33.2 Å². The number of carbonyl (C=O) groups is 4. The number of benzene rings is 3. The molecule has 2 aromatic heterocycles. The van der Waals surface area contributed by atoms with Gasteiger partial charge in [-0.3, -0.25) is 29.1 Å². The normalized spacial score (nSPS) is 17.9. The number of nitrogens with zero attached hydrogens (tertiary/aromatic N) is 2. The first-order valence-electron chi connectivity index (χ1n) is 19.3. The molecule has 1 aliphatic rings. The summed E-state index contributed by atoms with van der Waals surface area (Å²) < 4.78 is 40.2. The van der Waals surface area contributed by atoms with Crippen molar-refractivity contribution in [1.29, 1.82) is 0 Å². The molecule has 13 heteroatoms. The van der Waals surface area contributed by atoms with Gasteiger partial charge in [0.15, 0.2) is 30.4 Å². The van der Waals surface area contributed by atoms with Crippen LogP contribution in [0.5, 0.6) is 5.75 Å². The number of aromatic nitrogens is 2. The molecule has 0 aliphatic carbocycles. The van der Waals surface area contributed by atoms with Crippen LogP contribution in [0.1, 0.15) is 49.9 Å². The number of rotatable bonds is 12. The molecule has 1 saturated heterocycles. The number of para-hydroxylation sites is 1. The number of ether oxygens (including phenoxy) is 7. The van der Waals surface area contributed by atoms with Crippen molar-refractivity contribution in [3.8, 4) is 51.7 Å². The van der Waals surface area contributed by atoms with Crippen molar-refractivity contribution in [3.05, 3.63) is 138 Å². The standard InChI is InChI=1S/C48H42N2O11/c1-31(51)57-30-43-45(58-32(2)52)46(59-33(3)53)47(60-34(4)54)48(61-43)56-29-28-55-44-41(18-12-35-8-14-37(15-9-35)39-20-24-49-25-21-39)6-5-7-42(44)19-13-36-10-16-38(17-11-36)40-22-26-50-27-23-40/h5-11,14-17,20-27,43,45-48H,28-30H2,1-4H3/t43-,45-,46+,47-,48-/m1/s1. The van der Waals surface area contributed by atoms with E-state index in [0.717, 1.165) is 54.2 Å². The molecular weight excluding hydrogens is 781 g/mol. The molecule has 3 heterocycles. The first-order valence-corrected chi connectivity index (χ1v) is 19.3. The number of hydrogen-bond acceptors (Lipinski definition) is 13. The molecule has 61 heavy (non-hydrogen) atoms. The Labute approximate surface area is 353 Å². The van der Waals surface area contributed by atoms with Crippen molar-refractivity contribution in [3.63, 3.8) is 0 Å². The molecule has 0 N–H and O–H groups in total. The topological polar surface area (TPSA) is 159 Å². The van der Waals surface area contributed by atoms with Gasteiger partial charge in [-0.15, -0.1) is 0 Å². The summed E-state index contributed by atoms with van der Waals surface area (Å²) in [6.07, 6.45) is 0.370. The van der Waals surface area contributed by atoms with Crippen molar-refractivity contribution < 1.29 is 52.3 Å². The molecule has 0 saturated carbocycles. The van der Waals surface area contributed by atoms with E-state index >= 15 is 0 Å². The molecule has 1 aliphatic heterocycles. The Bertz CT molecular complexity index is 2320.